The van der Waals surface area contributed by atoms with Crippen molar-refractivity contribution in [2.75, 3.05) is 13.2 Å². The normalized spacial score (nSPS) is 12.9. The van der Waals surface area contributed by atoms with E-state index in [1.54, 1.807) is 6.92 Å². The van der Waals surface area contributed by atoms with Crippen LogP contribution in [0.3, 0.4) is 0 Å². The van der Waals surface area contributed by atoms with Crippen molar-refractivity contribution in [3.05, 3.63) is 0 Å². The lowest BCUT2D eigenvalue weighted by atomic mass is 10.0. The fraction of sp³-hybridized carbons (Fsp3) is 1.00. The summed E-state index contributed by atoms with van der Waals surface area (Å²) in [5.41, 5.74) is 0. The van der Waals surface area contributed by atoms with Gasteiger partial charge in [0.25, 0.3) is 0 Å². The van der Waals surface area contributed by atoms with Gasteiger partial charge in [-0.25, -0.2) is 0 Å². The molecule has 0 aliphatic heterocycles. The van der Waals surface area contributed by atoms with Crippen molar-refractivity contribution in [3.8, 4) is 0 Å². The van der Waals surface area contributed by atoms with Crippen molar-refractivity contribution >= 4 is 0 Å². The van der Waals surface area contributed by atoms with E-state index in [0.717, 1.165) is 18.9 Å². The van der Waals surface area contributed by atoms with Crippen LogP contribution in [0.4, 0.5) is 0 Å². The highest BCUT2D eigenvalue weighted by Crippen LogP contribution is 2.14. The van der Waals surface area contributed by atoms with E-state index in [2.05, 4.69) is 13.8 Å². The summed E-state index contributed by atoms with van der Waals surface area (Å²) in [7, 11) is 0. The van der Waals surface area contributed by atoms with Crippen LogP contribution in [0.25, 0.3) is 0 Å². The van der Waals surface area contributed by atoms with E-state index in [-0.39, 0.29) is 6.10 Å². The summed E-state index contributed by atoms with van der Waals surface area (Å²) in [6.07, 6.45) is 19.1. The third-order valence-corrected chi connectivity index (χ3v) is 4.43. The smallest absolute Gasteiger partial charge is 0.0745 e. The zero-order chi connectivity index (χ0) is 17.2. The number of aliphatic hydroxyl groups is 1. The van der Waals surface area contributed by atoms with Gasteiger partial charge in [-0.15, -0.1) is 0 Å². The van der Waals surface area contributed by atoms with E-state index in [9.17, 15) is 0 Å². The lowest BCUT2D eigenvalue weighted by molar-refractivity contribution is 0.0445. The Morgan fingerprint density at radius 2 is 1.00 bits per heavy atom. The van der Waals surface area contributed by atoms with Crippen LogP contribution >= 0.6 is 0 Å². The first-order valence-electron chi connectivity index (χ1n) is 10.4. The van der Waals surface area contributed by atoms with Crippen LogP contribution in [0.2, 0.25) is 0 Å². The molecule has 1 N–H and O–H groups in total. The zero-order valence-corrected chi connectivity index (χ0v) is 16.3. The minimum absolute atomic E-state index is 0.324. The average molecular weight is 329 g/mol. The molecule has 0 aliphatic carbocycles. The summed E-state index contributed by atoms with van der Waals surface area (Å²) < 4.78 is 5.36. The van der Waals surface area contributed by atoms with Crippen LogP contribution in [0.1, 0.15) is 111 Å². The van der Waals surface area contributed by atoms with Crippen LogP contribution in [-0.4, -0.2) is 24.4 Å². The Kier molecular flexibility index (Phi) is 18.2. The molecule has 140 valence electrons. The van der Waals surface area contributed by atoms with Gasteiger partial charge in [-0.05, 0) is 19.3 Å². The molecule has 0 aromatic carbocycles. The molecule has 0 rings (SSSR count). The number of aliphatic hydroxyl groups excluding tert-OH is 1. The first-order valence-corrected chi connectivity index (χ1v) is 10.4. The average Bonchev–Trinajstić information content (AvgIpc) is 2.49. The standard InChI is InChI=1S/C21H44O2/c1-20(2)17-15-13-11-9-7-5-4-6-8-10-12-14-16-18-23-19-21(3)22/h20-22H,4-19H2,1-3H3. The molecule has 0 aliphatic rings. The molecule has 2 nitrogen and oxygen atoms in total. The molecule has 2 heteroatoms. The lowest BCUT2D eigenvalue weighted by Crippen LogP contribution is -2.10. The van der Waals surface area contributed by atoms with Gasteiger partial charge < -0.3 is 9.84 Å². The van der Waals surface area contributed by atoms with Crippen LogP contribution in [-0.2, 0) is 4.74 Å². The van der Waals surface area contributed by atoms with E-state index in [4.69, 9.17) is 9.84 Å². The molecule has 23 heavy (non-hydrogen) atoms. The predicted molar refractivity (Wildman–Crippen MR) is 102 cm³/mol. The molecule has 0 spiro atoms. The van der Waals surface area contributed by atoms with Crippen LogP contribution in [0, 0.1) is 5.92 Å². The number of unbranched alkanes of at least 4 members (excludes halogenated alkanes) is 12. The van der Waals surface area contributed by atoms with E-state index in [1.165, 1.54) is 83.5 Å². The quantitative estimate of drug-likeness (QED) is 0.291. The van der Waals surface area contributed by atoms with Crippen LogP contribution < -0.4 is 0 Å². The first kappa shape index (κ1) is 22.9. The Balaban J connectivity index is 2.97. The number of hydrogen-bond acceptors (Lipinski definition) is 2. The summed E-state index contributed by atoms with van der Waals surface area (Å²) in [5, 5.41) is 9.06. The third-order valence-electron chi connectivity index (χ3n) is 4.43. The molecule has 0 heterocycles. The van der Waals surface area contributed by atoms with Gasteiger partial charge in [-0.2, -0.15) is 0 Å². The largest absolute Gasteiger partial charge is 0.391 e. The molecule has 0 aromatic rings. The second-order valence-electron chi connectivity index (χ2n) is 7.70. The molecule has 0 aromatic heterocycles. The van der Waals surface area contributed by atoms with E-state index < -0.39 is 0 Å². The number of hydrogen-bond donors (Lipinski definition) is 1. The summed E-state index contributed by atoms with van der Waals surface area (Å²) >= 11 is 0. The third kappa shape index (κ3) is 21.9. The Labute approximate surface area is 146 Å². The fourth-order valence-corrected chi connectivity index (χ4v) is 2.96. The van der Waals surface area contributed by atoms with Gasteiger partial charge in [0.1, 0.15) is 0 Å². The van der Waals surface area contributed by atoms with Gasteiger partial charge >= 0.3 is 0 Å². The maximum Gasteiger partial charge on any atom is 0.0745 e. The highest BCUT2D eigenvalue weighted by Gasteiger charge is 1.97. The molecular formula is C21H44O2. The molecule has 0 bridgehead atoms. The Morgan fingerprint density at radius 3 is 1.39 bits per heavy atom. The molecule has 0 radical (unpaired) electrons. The lowest BCUT2D eigenvalue weighted by Gasteiger charge is -2.06. The monoisotopic (exact) mass is 328 g/mol. The van der Waals surface area contributed by atoms with E-state index in [0.29, 0.717) is 6.61 Å². The van der Waals surface area contributed by atoms with Gasteiger partial charge in [-0.1, -0.05) is 97.3 Å². The van der Waals surface area contributed by atoms with Crippen molar-refractivity contribution in [2.24, 2.45) is 5.92 Å². The van der Waals surface area contributed by atoms with Gasteiger partial charge in [0, 0.05) is 6.61 Å². The second-order valence-corrected chi connectivity index (χ2v) is 7.70. The van der Waals surface area contributed by atoms with Crippen molar-refractivity contribution in [3.63, 3.8) is 0 Å². The van der Waals surface area contributed by atoms with Crippen LogP contribution in [0.15, 0.2) is 0 Å². The van der Waals surface area contributed by atoms with Gasteiger partial charge in [0.05, 0.1) is 12.7 Å². The number of ether oxygens (including phenoxy) is 1. The molecule has 1 unspecified atom stereocenters. The summed E-state index contributed by atoms with van der Waals surface area (Å²) in [5.74, 6) is 0.881. The Bertz CT molecular complexity index is 192. The first-order chi connectivity index (χ1) is 11.1. The van der Waals surface area contributed by atoms with Crippen molar-refractivity contribution in [1.82, 2.24) is 0 Å². The Morgan fingerprint density at radius 1 is 0.609 bits per heavy atom. The molecule has 1 atom stereocenters. The molecule has 0 amide bonds. The molecule has 0 saturated carbocycles. The second kappa shape index (κ2) is 18.3. The maximum absolute atomic E-state index is 9.06. The topological polar surface area (TPSA) is 29.5 Å². The maximum atomic E-state index is 9.06. The summed E-state index contributed by atoms with van der Waals surface area (Å²) in [6.45, 7) is 7.71. The molecule has 0 fully saturated rings. The van der Waals surface area contributed by atoms with E-state index in [1.807, 2.05) is 0 Å². The van der Waals surface area contributed by atoms with Gasteiger partial charge in [-0.3, -0.25) is 0 Å². The molecular weight excluding hydrogens is 284 g/mol. The Hall–Kier alpha value is -0.0800. The summed E-state index contributed by atoms with van der Waals surface area (Å²) in [6, 6.07) is 0. The number of rotatable bonds is 18. The van der Waals surface area contributed by atoms with Crippen LogP contribution in [0.5, 0.6) is 0 Å². The van der Waals surface area contributed by atoms with E-state index >= 15 is 0 Å². The predicted octanol–water partition coefficient (Wildman–Crippen LogP) is 6.50. The minimum Gasteiger partial charge on any atom is -0.391 e. The highest BCUT2D eigenvalue weighted by molar-refractivity contribution is 4.51. The molecule has 0 saturated heterocycles. The summed E-state index contributed by atoms with van der Waals surface area (Å²) in [4.78, 5) is 0. The van der Waals surface area contributed by atoms with Gasteiger partial charge in [0.2, 0.25) is 0 Å². The SMILES string of the molecule is CC(C)CCCCCCCCCCCCCCCOCC(C)O. The highest BCUT2D eigenvalue weighted by atomic mass is 16.5. The zero-order valence-electron chi connectivity index (χ0n) is 16.3. The fourth-order valence-electron chi connectivity index (χ4n) is 2.96. The minimum atomic E-state index is -0.324. The van der Waals surface area contributed by atoms with Crippen molar-refractivity contribution in [1.29, 1.82) is 0 Å². The van der Waals surface area contributed by atoms with Crippen molar-refractivity contribution < 1.29 is 9.84 Å². The van der Waals surface area contributed by atoms with Crippen molar-refractivity contribution in [2.45, 2.75) is 117 Å². The van der Waals surface area contributed by atoms with Gasteiger partial charge in [0.15, 0.2) is 0 Å².